The Hall–Kier alpha value is -3.61. The Morgan fingerprint density at radius 3 is 2.24 bits per heavy atom. The van der Waals surface area contributed by atoms with Gasteiger partial charge >= 0.3 is 6.03 Å². The molecule has 3 rings (SSSR count). The first-order valence-electron chi connectivity index (χ1n) is 11.7. The van der Waals surface area contributed by atoms with E-state index in [2.05, 4.69) is 31.4 Å². The van der Waals surface area contributed by atoms with Gasteiger partial charge in [0.2, 0.25) is 5.91 Å². The fraction of sp³-hybridized carbons (Fsp3) is 0.370. The summed E-state index contributed by atoms with van der Waals surface area (Å²) in [5, 5.41) is 10.7. The molecular formula is C27H35N5O2. The minimum absolute atomic E-state index is 0.0602. The Morgan fingerprint density at radius 1 is 0.971 bits per heavy atom. The zero-order valence-corrected chi connectivity index (χ0v) is 21.0. The average Bonchev–Trinajstić information content (AvgIpc) is 3.19. The first kappa shape index (κ1) is 25.0. The third kappa shape index (κ3) is 6.04. The molecule has 1 aromatic heterocycles. The molecule has 2 aromatic carbocycles. The zero-order chi connectivity index (χ0) is 24.9. The van der Waals surface area contributed by atoms with Crippen molar-refractivity contribution >= 4 is 23.4 Å². The Balaban J connectivity index is 1.82. The van der Waals surface area contributed by atoms with Crippen molar-refractivity contribution < 1.29 is 9.59 Å². The lowest BCUT2D eigenvalue weighted by Crippen LogP contribution is -2.41. The van der Waals surface area contributed by atoms with Crippen LogP contribution in [0.25, 0.3) is 5.69 Å². The molecule has 0 aliphatic heterocycles. The number of aryl methyl sites for hydroxylation is 2. The molecule has 3 amide bonds. The first-order chi connectivity index (χ1) is 16.1. The number of hydrogen-bond donors (Lipinski definition) is 2. The summed E-state index contributed by atoms with van der Waals surface area (Å²) < 4.78 is 1.77. The molecular weight excluding hydrogens is 426 g/mol. The number of hydrogen-bond acceptors (Lipinski definition) is 3. The lowest BCUT2D eigenvalue weighted by molar-refractivity contribution is -0.116. The van der Waals surface area contributed by atoms with Gasteiger partial charge in [0.05, 0.1) is 11.4 Å². The Morgan fingerprint density at radius 2 is 1.62 bits per heavy atom. The van der Waals surface area contributed by atoms with E-state index in [9.17, 15) is 9.59 Å². The van der Waals surface area contributed by atoms with Crippen molar-refractivity contribution in [2.75, 3.05) is 23.7 Å². The van der Waals surface area contributed by atoms with Gasteiger partial charge in [0.25, 0.3) is 0 Å². The molecule has 0 saturated carbocycles. The van der Waals surface area contributed by atoms with Crippen LogP contribution in [0.5, 0.6) is 0 Å². The topological polar surface area (TPSA) is 79.3 Å². The van der Waals surface area contributed by atoms with Gasteiger partial charge in [0.15, 0.2) is 0 Å². The van der Waals surface area contributed by atoms with Crippen LogP contribution in [0.2, 0.25) is 0 Å². The number of aromatic nitrogens is 2. The number of rotatable bonds is 7. The highest BCUT2D eigenvalue weighted by atomic mass is 16.2. The summed E-state index contributed by atoms with van der Waals surface area (Å²) in [5.74, 6) is 0.309. The highest BCUT2D eigenvalue weighted by molar-refractivity contribution is 5.97. The largest absolute Gasteiger partial charge is 0.322 e. The van der Waals surface area contributed by atoms with Crippen molar-refractivity contribution in [3.63, 3.8) is 0 Å². The second kappa shape index (κ2) is 10.5. The van der Waals surface area contributed by atoms with Gasteiger partial charge in [0.1, 0.15) is 12.4 Å². The maximum absolute atomic E-state index is 13.1. The summed E-state index contributed by atoms with van der Waals surface area (Å²) in [6.07, 6.45) is 0.740. The molecule has 0 spiro atoms. The van der Waals surface area contributed by atoms with Crippen LogP contribution < -0.4 is 10.6 Å². The number of urea groups is 1. The van der Waals surface area contributed by atoms with Crippen molar-refractivity contribution in [3.05, 3.63) is 71.4 Å². The fourth-order valence-electron chi connectivity index (χ4n) is 3.61. The predicted molar refractivity (Wildman–Crippen MR) is 138 cm³/mol. The predicted octanol–water partition coefficient (Wildman–Crippen LogP) is 5.67. The molecule has 180 valence electrons. The molecule has 0 bridgehead atoms. The molecule has 0 radical (unpaired) electrons. The monoisotopic (exact) mass is 461 g/mol. The van der Waals surface area contributed by atoms with Crippen LogP contribution in [0.1, 0.15) is 50.9 Å². The van der Waals surface area contributed by atoms with E-state index in [4.69, 9.17) is 5.10 Å². The molecule has 1 heterocycles. The Labute approximate surface area is 202 Å². The quantitative estimate of drug-likeness (QED) is 0.476. The minimum Gasteiger partial charge on any atom is -0.315 e. The van der Waals surface area contributed by atoms with E-state index < -0.39 is 0 Å². The van der Waals surface area contributed by atoms with Crippen LogP contribution in [-0.2, 0) is 10.2 Å². The number of amides is 3. The number of carbonyl (C=O) groups is 2. The molecule has 0 atom stereocenters. The van der Waals surface area contributed by atoms with Crippen molar-refractivity contribution in [2.45, 2.75) is 53.4 Å². The maximum atomic E-state index is 13.1. The SMILES string of the molecule is CCCN(CC(=O)Nc1cc(C(C)(C)C)nn1-c1ccccc1C)C(=O)Nc1ccccc1C. The van der Waals surface area contributed by atoms with Gasteiger partial charge in [-0.1, -0.05) is 64.1 Å². The van der Waals surface area contributed by atoms with Crippen molar-refractivity contribution in [2.24, 2.45) is 0 Å². The van der Waals surface area contributed by atoms with E-state index in [0.717, 1.165) is 34.6 Å². The van der Waals surface area contributed by atoms with Crippen LogP contribution in [-0.4, -0.2) is 39.7 Å². The van der Waals surface area contributed by atoms with E-state index >= 15 is 0 Å². The molecule has 0 aliphatic carbocycles. The summed E-state index contributed by atoms with van der Waals surface area (Å²) in [6.45, 7) is 12.6. The van der Waals surface area contributed by atoms with Gasteiger partial charge in [-0.3, -0.25) is 4.79 Å². The summed E-state index contributed by atoms with van der Waals surface area (Å²) >= 11 is 0. The molecule has 7 nitrogen and oxygen atoms in total. The lowest BCUT2D eigenvalue weighted by atomic mass is 9.92. The first-order valence-corrected chi connectivity index (χ1v) is 11.7. The molecule has 34 heavy (non-hydrogen) atoms. The second-order valence-corrected chi connectivity index (χ2v) is 9.58. The van der Waals surface area contributed by atoms with Gasteiger partial charge in [-0.25, -0.2) is 9.48 Å². The van der Waals surface area contributed by atoms with E-state index in [0.29, 0.717) is 12.4 Å². The average molecular weight is 462 g/mol. The third-order valence-corrected chi connectivity index (χ3v) is 5.59. The molecule has 0 aliphatic rings. The van der Waals surface area contributed by atoms with Gasteiger partial charge in [-0.05, 0) is 43.5 Å². The van der Waals surface area contributed by atoms with E-state index in [1.165, 1.54) is 4.90 Å². The number of nitrogens with zero attached hydrogens (tertiary/aromatic N) is 3. The number of anilines is 2. The maximum Gasteiger partial charge on any atom is 0.322 e. The highest BCUT2D eigenvalue weighted by Crippen LogP contribution is 2.27. The van der Waals surface area contributed by atoms with Crippen molar-refractivity contribution in [1.29, 1.82) is 0 Å². The van der Waals surface area contributed by atoms with Crippen molar-refractivity contribution in [1.82, 2.24) is 14.7 Å². The molecule has 7 heteroatoms. The smallest absolute Gasteiger partial charge is 0.315 e. The van der Waals surface area contributed by atoms with Crippen LogP contribution in [0.4, 0.5) is 16.3 Å². The van der Waals surface area contributed by atoms with Gasteiger partial charge in [-0.2, -0.15) is 5.10 Å². The van der Waals surface area contributed by atoms with Crippen molar-refractivity contribution in [3.8, 4) is 5.69 Å². The third-order valence-electron chi connectivity index (χ3n) is 5.59. The summed E-state index contributed by atoms with van der Waals surface area (Å²) in [6, 6.07) is 17.1. The number of nitrogens with one attached hydrogen (secondary N) is 2. The normalized spacial score (nSPS) is 11.2. The number of para-hydroxylation sites is 2. The molecule has 0 saturated heterocycles. The van der Waals surface area contributed by atoms with Crippen LogP contribution in [0, 0.1) is 13.8 Å². The number of benzene rings is 2. The van der Waals surface area contributed by atoms with Crippen LogP contribution in [0.15, 0.2) is 54.6 Å². The van der Waals surface area contributed by atoms with Crippen LogP contribution >= 0.6 is 0 Å². The summed E-state index contributed by atoms with van der Waals surface area (Å²) in [7, 11) is 0. The van der Waals surface area contributed by atoms with Gasteiger partial charge < -0.3 is 15.5 Å². The Kier molecular flexibility index (Phi) is 7.76. The van der Waals surface area contributed by atoms with E-state index in [1.807, 2.05) is 75.4 Å². The summed E-state index contributed by atoms with van der Waals surface area (Å²) in [4.78, 5) is 27.5. The molecule has 2 N–H and O–H groups in total. The standard InChI is InChI=1S/C27H35N5O2/c1-7-16-31(26(34)28-21-14-10-8-12-19(21)2)18-25(33)29-24-17-23(27(4,5)6)30-32(24)22-15-11-9-13-20(22)3/h8-15,17H,7,16,18H2,1-6H3,(H,28,34)(H,29,33). The zero-order valence-electron chi connectivity index (χ0n) is 21.0. The second-order valence-electron chi connectivity index (χ2n) is 9.58. The molecule has 0 fully saturated rings. The molecule has 0 unspecified atom stereocenters. The molecule has 3 aromatic rings. The fourth-order valence-corrected chi connectivity index (χ4v) is 3.61. The lowest BCUT2D eigenvalue weighted by Gasteiger charge is -2.22. The van der Waals surface area contributed by atoms with Gasteiger partial charge in [-0.15, -0.1) is 0 Å². The minimum atomic E-state index is -0.297. The van der Waals surface area contributed by atoms with E-state index in [-0.39, 0.29) is 23.9 Å². The van der Waals surface area contributed by atoms with Crippen LogP contribution in [0.3, 0.4) is 0 Å². The highest BCUT2D eigenvalue weighted by Gasteiger charge is 2.23. The summed E-state index contributed by atoms with van der Waals surface area (Å²) in [5.41, 5.74) is 4.33. The van der Waals surface area contributed by atoms with E-state index in [1.54, 1.807) is 4.68 Å². The Bertz CT molecular complexity index is 1160. The number of carbonyl (C=O) groups excluding carboxylic acids is 2. The van der Waals surface area contributed by atoms with Gasteiger partial charge in [0, 0.05) is 23.7 Å².